The van der Waals surface area contributed by atoms with Gasteiger partial charge in [-0.15, -0.1) is 12.3 Å². The van der Waals surface area contributed by atoms with Crippen molar-refractivity contribution in [3.8, 4) is 35.7 Å². The molecule has 0 unspecified atom stereocenters. The summed E-state index contributed by atoms with van der Waals surface area (Å²) in [4.78, 5) is 12.7. The number of benzene rings is 2. The molecule has 0 saturated heterocycles. The van der Waals surface area contributed by atoms with Gasteiger partial charge in [-0.25, -0.2) is 0 Å². The zero-order valence-electron chi connectivity index (χ0n) is 18.0. The van der Waals surface area contributed by atoms with E-state index in [9.17, 15) is 4.79 Å². The Kier molecular flexibility index (Phi) is 10.8. The highest BCUT2D eigenvalue weighted by molar-refractivity contribution is 6.42. The lowest BCUT2D eigenvalue weighted by Crippen LogP contribution is -2.32. The summed E-state index contributed by atoms with van der Waals surface area (Å²) in [5.41, 5.74) is 1.55. The van der Waals surface area contributed by atoms with Crippen molar-refractivity contribution in [1.29, 1.82) is 0 Å². The first-order valence-corrected chi connectivity index (χ1v) is 10.8. The first-order chi connectivity index (χ1) is 15.5. The van der Waals surface area contributed by atoms with Gasteiger partial charge in [0.05, 0.1) is 17.2 Å². The fourth-order valence-electron chi connectivity index (χ4n) is 2.83. The van der Waals surface area contributed by atoms with Crippen LogP contribution in [0.5, 0.6) is 11.5 Å². The van der Waals surface area contributed by atoms with Crippen LogP contribution in [0.3, 0.4) is 0 Å². The minimum absolute atomic E-state index is 0.0143. The SMILES string of the molecule is C#CCO[C@H](C(=O)NCCc1ccc(OCC#CCC)c(OC)c1)c1ccc(Cl)c(Cl)c1. The van der Waals surface area contributed by atoms with E-state index >= 15 is 0 Å². The molecule has 0 saturated carbocycles. The van der Waals surface area contributed by atoms with Crippen LogP contribution in [-0.2, 0) is 16.0 Å². The van der Waals surface area contributed by atoms with Gasteiger partial charge in [0, 0.05) is 13.0 Å². The van der Waals surface area contributed by atoms with E-state index in [0.717, 1.165) is 12.0 Å². The minimum Gasteiger partial charge on any atom is -0.493 e. The van der Waals surface area contributed by atoms with Gasteiger partial charge < -0.3 is 19.5 Å². The number of rotatable bonds is 10. The van der Waals surface area contributed by atoms with E-state index in [1.54, 1.807) is 25.3 Å². The monoisotopic (exact) mass is 473 g/mol. The van der Waals surface area contributed by atoms with E-state index in [1.807, 2.05) is 25.1 Å². The summed E-state index contributed by atoms with van der Waals surface area (Å²) < 4.78 is 16.6. The van der Waals surface area contributed by atoms with Crippen molar-refractivity contribution in [1.82, 2.24) is 5.32 Å². The third-order valence-electron chi connectivity index (χ3n) is 4.36. The predicted molar refractivity (Wildman–Crippen MR) is 127 cm³/mol. The second-order valence-corrected chi connectivity index (χ2v) is 7.41. The van der Waals surface area contributed by atoms with Gasteiger partial charge in [-0.05, 0) is 41.8 Å². The van der Waals surface area contributed by atoms with Crippen molar-refractivity contribution in [3.63, 3.8) is 0 Å². The van der Waals surface area contributed by atoms with Gasteiger partial charge in [-0.2, -0.15) is 0 Å². The molecule has 0 fully saturated rings. The highest BCUT2D eigenvalue weighted by Gasteiger charge is 2.22. The average Bonchev–Trinajstić information content (AvgIpc) is 2.79. The van der Waals surface area contributed by atoms with Crippen LogP contribution in [0, 0.1) is 24.2 Å². The van der Waals surface area contributed by atoms with Crippen LogP contribution in [0.4, 0.5) is 0 Å². The zero-order chi connectivity index (χ0) is 23.3. The molecular weight excluding hydrogens is 449 g/mol. The molecule has 0 aliphatic heterocycles. The molecule has 2 aromatic rings. The van der Waals surface area contributed by atoms with Crippen molar-refractivity contribution in [2.75, 3.05) is 26.9 Å². The summed E-state index contributed by atoms with van der Waals surface area (Å²) in [6, 6.07) is 10.5. The van der Waals surface area contributed by atoms with E-state index in [2.05, 4.69) is 23.1 Å². The van der Waals surface area contributed by atoms with Crippen LogP contribution < -0.4 is 14.8 Å². The summed E-state index contributed by atoms with van der Waals surface area (Å²) in [5, 5.41) is 3.60. The summed E-state index contributed by atoms with van der Waals surface area (Å²) in [6.07, 6.45) is 5.76. The van der Waals surface area contributed by atoms with Crippen LogP contribution in [0.1, 0.15) is 30.6 Å². The molecule has 7 heteroatoms. The number of methoxy groups -OCH3 is 1. The molecule has 0 spiro atoms. The van der Waals surface area contributed by atoms with E-state index in [4.69, 9.17) is 43.8 Å². The van der Waals surface area contributed by atoms with Crippen molar-refractivity contribution in [2.45, 2.75) is 25.9 Å². The smallest absolute Gasteiger partial charge is 0.253 e. The first kappa shape index (κ1) is 25.4. The first-order valence-electron chi connectivity index (χ1n) is 10.0. The molecule has 2 rings (SSSR count). The third kappa shape index (κ3) is 7.70. The summed E-state index contributed by atoms with van der Waals surface area (Å²) in [6.45, 7) is 2.66. The lowest BCUT2D eigenvalue weighted by molar-refractivity contribution is -0.132. The maximum absolute atomic E-state index is 12.7. The van der Waals surface area contributed by atoms with Crippen LogP contribution in [-0.4, -0.2) is 32.8 Å². The van der Waals surface area contributed by atoms with Gasteiger partial charge in [0.15, 0.2) is 17.6 Å². The normalized spacial score (nSPS) is 11.0. The second-order valence-electron chi connectivity index (χ2n) is 6.59. The lowest BCUT2D eigenvalue weighted by atomic mass is 10.1. The standard InChI is InChI=1S/C25H25Cl2NO4/c1-4-6-7-15-31-22-11-8-18(16-23(22)30-3)12-13-28-25(29)24(32-14-5-2)19-9-10-20(26)21(27)17-19/h2,8-11,16-17,24H,4,12-15H2,1,3H3,(H,28,29)/t24-/m0/s1. The van der Waals surface area contributed by atoms with Gasteiger partial charge in [-0.3, -0.25) is 4.79 Å². The van der Waals surface area contributed by atoms with Crippen molar-refractivity contribution >= 4 is 29.1 Å². The van der Waals surface area contributed by atoms with Gasteiger partial charge in [0.2, 0.25) is 0 Å². The summed E-state index contributed by atoms with van der Waals surface area (Å²) in [5.74, 6) is 9.16. The number of carbonyl (C=O) groups is 1. The summed E-state index contributed by atoms with van der Waals surface area (Å²) in [7, 11) is 1.58. The predicted octanol–water partition coefficient (Wildman–Crippen LogP) is 4.84. The molecule has 0 aliphatic carbocycles. The molecule has 32 heavy (non-hydrogen) atoms. The molecule has 1 atom stereocenters. The topological polar surface area (TPSA) is 56.8 Å². The Morgan fingerprint density at radius 3 is 2.59 bits per heavy atom. The maximum Gasteiger partial charge on any atom is 0.253 e. The van der Waals surface area contributed by atoms with E-state index in [-0.39, 0.29) is 12.5 Å². The lowest BCUT2D eigenvalue weighted by Gasteiger charge is -2.17. The van der Waals surface area contributed by atoms with Crippen LogP contribution in [0.15, 0.2) is 36.4 Å². The fraction of sp³-hybridized carbons (Fsp3) is 0.320. The molecule has 0 aromatic heterocycles. The molecule has 168 valence electrons. The van der Waals surface area contributed by atoms with Gasteiger partial charge in [0.25, 0.3) is 5.91 Å². The Morgan fingerprint density at radius 2 is 1.91 bits per heavy atom. The van der Waals surface area contributed by atoms with E-state index in [0.29, 0.717) is 46.7 Å². The highest BCUT2D eigenvalue weighted by Crippen LogP contribution is 2.29. The van der Waals surface area contributed by atoms with Gasteiger partial charge in [0.1, 0.15) is 13.2 Å². The Morgan fingerprint density at radius 1 is 1.09 bits per heavy atom. The quantitative estimate of drug-likeness (QED) is 0.501. The van der Waals surface area contributed by atoms with Crippen molar-refractivity contribution in [3.05, 3.63) is 57.6 Å². The Bertz CT molecular complexity index is 1020. The number of carbonyl (C=O) groups excluding carboxylic acids is 1. The number of hydrogen-bond acceptors (Lipinski definition) is 4. The second kappa shape index (κ2) is 13.6. The molecule has 0 heterocycles. The average molecular weight is 474 g/mol. The number of halogens is 2. The van der Waals surface area contributed by atoms with E-state index in [1.165, 1.54) is 0 Å². The molecule has 0 aliphatic rings. The third-order valence-corrected chi connectivity index (χ3v) is 5.10. The van der Waals surface area contributed by atoms with Gasteiger partial charge in [-0.1, -0.05) is 54.1 Å². The van der Waals surface area contributed by atoms with Crippen LogP contribution in [0.2, 0.25) is 10.0 Å². The minimum atomic E-state index is -0.893. The number of terminal acetylenes is 1. The Balaban J connectivity index is 1.99. The molecule has 2 aromatic carbocycles. The van der Waals surface area contributed by atoms with Crippen molar-refractivity contribution < 1.29 is 19.0 Å². The molecular formula is C25H25Cl2NO4. The number of nitrogens with one attached hydrogen (secondary N) is 1. The molecule has 0 bridgehead atoms. The molecule has 5 nitrogen and oxygen atoms in total. The Labute approximate surface area is 199 Å². The molecule has 1 N–H and O–H groups in total. The highest BCUT2D eigenvalue weighted by atomic mass is 35.5. The zero-order valence-corrected chi connectivity index (χ0v) is 19.6. The number of ether oxygens (including phenoxy) is 3. The molecule has 1 amide bonds. The van der Waals surface area contributed by atoms with Crippen molar-refractivity contribution in [2.24, 2.45) is 0 Å². The summed E-state index contributed by atoms with van der Waals surface area (Å²) >= 11 is 12.0. The fourth-order valence-corrected chi connectivity index (χ4v) is 3.14. The van der Waals surface area contributed by atoms with Crippen LogP contribution in [0.25, 0.3) is 0 Å². The Hall–Kier alpha value is -2.83. The maximum atomic E-state index is 12.7. The van der Waals surface area contributed by atoms with Gasteiger partial charge >= 0.3 is 0 Å². The number of hydrogen-bond donors (Lipinski definition) is 1. The number of amides is 1. The molecule has 0 radical (unpaired) electrons. The largest absolute Gasteiger partial charge is 0.493 e. The van der Waals surface area contributed by atoms with E-state index < -0.39 is 6.10 Å². The van der Waals surface area contributed by atoms with Crippen LogP contribution >= 0.6 is 23.2 Å².